The summed E-state index contributed by atoms with van der Waals surface area (Å²) in [6.45, 7) is 7.12. The molecule has 0 radical (unpaired) electrons. The molecule has 42 heavy (non-hydrogen) atoms. The highest BCUT2D eigenvalue weighted by atomic mass is 32.2. The number of anilines is 1. The Hall–Kier alpha value is -3.65. The van der Waals surface area contributed by atoms with E-state index in [0.717, 1.165) is 41.5 Å². The first kappa shape index (κ1) is 32.9. The maximum atomic E-state index is 14.0. The second-order valence-electron chi connectivity index (χ2n) is 10.8. The average molecular weight is 592 g/mol. The van der Waals surface area contributed by atoms with E-state index in [2.05, 4.69) is 12.2 Å². The third-order valence-electron chi connectivity index (χ3n) is 7.49. The number of rotatable bonds is 16. The van der Waals surface area contributed by atoms with Crippen molar-refractivity contribution in [1.29, 1.82) is 0 Å². The van der Waals surface area contributed by atoms with Crippen molar-refractivity contribution in [3.63, 3.8) is 0 Å². The Morgan fingerprint density at radius 3 is 2.14 bits per heavy atom. The van der Waals surface area contributed by atoms with Gasteiger partial charge in [-0.2, -0.15) is 0 Å². The van der Waals surface area contributed by atoms with Gasteiger partial charge in [-0.25, -0.2) is 8.42 Å². The maximum absolute atomic E-state index is 14.0. The van der Waals surface area contributed by atoms with Crippen molar-refractivity contribution in [1.82, 2.24) is 10.2 Å². The Labute approximate surface area is 252 Å². The molecule has 3 aromatic carbocycles. The third-order valence-corrected chi connectivity index (χ3v) is 8.68. The fourth-order valence-corrected chi connectivity index (χ4v) is 5.90. The Kier molecular flexibility index (Phi) is 12.6. The number of hydrogen-bond acceptors (Lipinski definition) is 4. The van der Waals surface area contributed by atoms with Crippen molar-refractivity contribution < 1.29 is 18.0 Å². The molecule has 0 aliphatic heterocycles. The second kappa shape index (κ2) is 16.1. The molecule has 0 saturated heterocycles. The lowest BCUT2D eigenvalue weighted by molar-refractivity contribution is -0.141. The molecule has 3 rings (SSSR count). The van der Waals surface area contributed by atoms with Crippen molar-refractivity contribution in [3.8, 4) is 0 Å². The molecule has 7 nitrogen and oxygen atoms in total. The number of nitrogens with zero attached hydrogens (tertiary/aromatic N) is 2. The minimum atomic E-state index is -3.55. The molecule has 0 aliphatic carbocycles. The lowest BCUT2D eigenvalue weighted by Crippen LogP contribution is -2.50. The van der Waals surface area contributed by atoms with Crippen LogP contribution in [0.3, 0.4) is 0 Å². The van der Waals surface area contributed by atoms with Gasteiger partial charge in [0.15, 0.2) is 0 Å². The van der Waals surface area contributed by atoms with E-state index >= 15 is 0 Å². The predicted octanol–water partition coefficient (Wildman–Crippen LogP) is 5.66. The van der Waals surface area contributed by atoms with Crippen molar-refractivity contribution >= 4 is 27.5 Å². The number of carbonyl (C=O) groups excluding carboxylic acids is 2. The summed E-state index contributed by atoms with van der Waals surface area (Å²) in [5.74, 6) is -0.359. The van der Waals surface area contributed by atoms with Gasteiger partial charge in [0.25, 0.3) is 0 Å². The molecule has 3 aromatic rings. The van der Waals surface area contributed by atoms with Gasteiger partial charge >= 0.3 is 0 Å². The summed E-state index contributed by atoms with van der Waals surface area (Å²) in [4.78, 5) is 29.2. The molecule has 1 atom stereocenters. The Morgan fingerprint density at radius 1 is 0.857 bits per heavy atom. The van der Waals surface area contributed by atoms with E-state index in [4.69, 9.17) is 0 Å². The molecule has 1 N–H and O–H groups in total. The van der Waals surface area contributed by atoms with Crippen LogP contribution in [0.2, 0.25) is 0 Å². The zero-order chi connectivity index (χ0) is 30.5. The first-order valence-corrected chi connectivity index (χ1v) is 16.7. The first-order valence-electron chi connectivity index (χ1n) is 14.9. The summed E-state index contributed by atoms with van der Waals surface area (Å²) in [5.41, 5.74) is 4.68. The largest absolute Gasteiger partial charge is 0.354 e. The van der Waals surface area contributed by atoms with Gasteiger partial charge in [-0.1, -0.05) is 87.0 Å². The summed E-state index contributed by atoms with van der Waals surface area (Å²) < 4.78 is 26.7. The van der Waals surface area contributed by atoms with E-state index in [9.17, 15) is 18.0 Å². The summed E-state index contributed by atoms with van der Waals surface area (Å²) in [5, 5.41) is 3.04. The molecule has 0 unspecified atom stereocenters. The van der Waals surface area contributed by atoms with Gasteiger partial charge in [0.2, 0.25) is 21.8 Å². The Morgan fingerprint density at radius 2 is 1.52 bits per heavy atom. The van der Waals surface area contributed by atoms with Gasteiger partial charge in [0, 0.05) is 32.5 Å². The summed E-state index contributed by atoms with van der Waals surface area (Å²) in [6.07, 6.45) is 4.67. The van der Waals surface area contributed by atoms with Crippen LogP contribution in [0.25, 0.3) is 0 Å². The van der Waals surface area contributed by atoms with Crippen LogP contribution in [0.15, 0.2) is 78.9 Å². The number of benzene rings is 3. The minimum absolute atomic E-state index is 0.110. The lowest BCUT2D eigenvalue weighted by atomic mass is 10.0. The number of unbranched alkanes of at least 4 members (excludes halogenated alkanes) is 1. The SMILES string of the molecule is CCCCNC(=O)[C@@H](Cc1ccccc1)N(Cc1ccccc1C)C(=O)CCCN(c1ccc(CC)cc1)S(C)(=O)=O. The molecule has 226 valence electrons. The highest BCUT2D eigenvalue weighted by Gasteiger charge is 2.30. The van der Waals surface area contributed by atoms with E-state index in [1.54, 1.807) is 4.90 Å². The molecule has 8 heteroatoms. The molecule has 0 bridgehead atoms. The van der Waals surface area contributed by atoms with Gasteiger partial charge < -0.3 is 10.2 Å². The highest BCUT2D eigenvalue weighted by molar-refractivity contribution is 7.92. The highest BCUT2D eigenvalue weighted by Crippen LogP contribution is 2.21. The van der Waals surface area contributed by atoms with Crippen LogP contribution in [0.4, 0.5) is 5.69 Å². The van der Waals surface area contributed by atoms with Crippen LogP contribution < -0.4 is 9.62 Å². The maximum Gasteiger partial charge on any atom is 0.243 e. The van der Waals surface area contributed by atoms with E-state index < -0.39 is 16.1 Å². The normalized spacial score (nSPS) is 12.0. The van der Waals surface area contributed by atoms with Crippen molar-refractivity contribution in [2.24, 2.45) is 0 Å². The van der Waals surface area contributed by atoms with Gasteiger partial charge in [0.1, 0.15) is 6.04 Å². The number of aryl methyl sites for hydroxylation is 2. The molecular formula is C34H45N3O4S. The van der Waals surface area contributed by atoms with Gasteiger partial charge in [-0.15, -0.1) is 0 Å². The lowest BCUT2D eigenvalue weighted by Gasteiger charge is -2.32. The number of sulfonamides is 1. The van der Waals surface area contributed by atoms with E-state index in [1.807, 2.05) is 92.7 Å². The molecule has 0 fully saturated rings. The monoisotopic (exact) mass is 591 g/mol. The molecule has 0 aromatic heterocycles. The molecule has 0 aliphatic rings. The summed E-state index contributed by atoms with van der Waals surface area (Å²) in [7, 11) is -3.55. The number of nitrogens with one attached hydrogen (secondary N) is 1. The summed E-state index contributed by atoms with van der Waals surface area (Å²) >= 11 is 0. The van der Waals surface area contributed by atoms with Crippen molar-refractivity contribution in [2.75, 3.05) is 23.7 Å². The van der Waals surface area contributed by atoms with E-state index in [1.165, 1.54) is 10.6 Å². The standard InChI is InChI=1S/C34H45N3O4S/c1-5-7-23-35-34(39)32(25-29-15-9-8-10-16-29)36(26-30-17-12-11-14-27(30)3)33(38)18-13-24-37(42(4,40)41)31-21-19-28(6-2)20-22-31/h8-12,14-17,19-22,32H,5-7,13,18,23-26H2,1-4H3,(H,35,39)/t32-/m1/s1. The predicted molar refractivity (Wildman–Crippen MR) is 171 cm³/mol. The number of amides is 2. The molecule has 2 amide bonds. The van der Waals surface area contributed by atoms with Crippen LogP contribution in [0.1, 0.15) is 61.8 Å². The molecular weight excluding hydrogens is 546 g/mol. The smallest absolute Gasteiger partial charge is 0.243 e. The quantitative estimate of drug-likeness (QED) is 0.218. The number of hydrogen-bond donors (Lipinski definition) is 1. The van der Waals surface area contributed by atoms with Crippen molar-refractivity contribution in [2.45, 2.75) is 71.9 Å². The van der Waals surface area contributed by atoms with Crippen LogP contribution >= 0.6 is 0 Å². The fourth-order valence-electron chi connectivity index (χ4n) is 4.93. The molecule has 0 spiro atoms. The fraction of sp³-hybridized carbons (Fsp3) is 0.412. The second-order valence-corrected chi connectivity index (χ2v) is 12.7. The van der Waals surface area contributed by atoms with E-state index in [-0.39, 0.29) is 24.8 Å². The van der Waals surface area contributed by atoms with E-state index in [0.29, 0.717) is 31.6 Å². The van der Waals surface area contributed by atoms with Crippen LogP contribution in [0, 0.1) is 6.92 Å². The minimum Gasteiger partial charge on any atom is -0.354 e. The van der Waals surface area contributed by atoms with Crippen LogP contribution in [-0.4, -0.2) is 50.5 Å². The molecule has 0 saturated carbocycles. The van der Waals surface area contributed by atoms with Gasteiger partial charge in [0.05, 0.1) is 11.9 Å². The number of carbonyl (C=O) groups is 2. The molecule has 0 heterocycles. The third kappa shape index (κ3) is 9.72. The Bertz CT molecular complexity index is 1390. The zero-order valence-electron chi connectivity index (χ0n) is 25.4. The first-order chi connectivity index (χ1) is 20.1. The zero-order valence-corrected chi connectivity index (χ0v) is 26.2. The van der Waals surface area contributed by atoms with Crippen molar-refractivity contribution in [3.05, 3.63) is 101 Å². The van der Waals surface area contributed by atoms with Crippen LogP contribution in [-0.2, 0) is 39.0 Å². The Balaban J connectivity index is 1.87. The average Bonchev–Trinajstić information content (AvgIpc) is 2.98. The topological polar surface area (TPSA) is 86.8 Å². The summed E-state index contributed by atoms with van der Waals surface area (Å²) in [6, 6.07) is 24.4. The van der Waals surface area contributed by atoms with Gasteiger partial charge in [-0.05, 0) is 60.6 Å². The van der Waals surface area contributed by atoms with Crippen LogP contribution in [0.5, 0.6) is 0 Å². The van der Waals surface area contributed by atoms with Gasteiger partial charge in [-0.3, -0.25) is 13.9 Å².